The topological polar surface area (TPSA) is 55.1 Å². The summed E-state index contributed by atoms with van der Waals surface area (Å²) in [5, 5.41) is 2.97. The van der Waals surface area contributed by atoms with Crippen molar-refractivity contribution in [2.45, 2.75) is 46.6 Å². The quantitative estimate of drug-likeness (QED) is 0.683. The number of hydrogen-bond acceptors (Lipinski definition) is 2. The monoisotopic (exact) mass is 200 g/mol. The van der Waals surface area contributed by atoms with Gasteiger partial charge in [0, 0.05) is 19.0 Å². The van der Waals surface area contributed by atoms with E-state index in [4.69, 9.17) is 5.73 Å². The summed E-state index contributed by atoms with van der Waals surface area (Å²) >= 11 is 0. The molecule has 0 rings (SSSR count). The third kappa shape index (κ3) is 5.22. The summed E-state index contributed by atoms with van der Waals surface area (Å²) in [6.45, 7) is 8.85. The van der Waals surface area contributed by atoms with Gasteiger partial charge in [0.05, 0.1) is 0 Å². The second-order valence-electron chi connectivity index (χ2n) is 4.37. The van der Waals surface area contributed by atoms with E-state index in [1.807, 2.05) is 0 Å². The van der Waals surface area contributed by atoms with Crippen LogP contribution in [0.15, 0.2) is 0 Å². The van der Waals surface area contributed by atoms with Gasteiger partial charge in [0.15, 0.2) is 0 Å². The van der Waals surface area contributed by atoms with E-state index in [2.05, 4.69) is 33.0 Å². The lowest BCUT2D eigenvalue weighted by molar-refractivity contribution is -0.122. The summed E-state index contributed by atoms with van der Waals surface area (Å²) in [5.74, 6) is 0.991. The number of nitrogens with two attached hydrogens (primary N) is 1. The van der Waals surface area contributed by atoms with Crippen LogP contribution in [0.25, 0.3) is 0 Å². The maximum Gasteiger partial charge on any atom is 0.220 e. The molecule has 3 heteroatoms. The lowest BCUT2D eigenvalue weighted by Gasteiger charge is -2.21. The molecule has 0 radical (unpaired) electrons. The predicted octanol–water partition coefficient (Wildman–Crippen LogP) is 1.52. The van der Waals surface area contributed by atoms with Gasteiger partial charge in [-0.25, -0.2) is 0 Å². The molecule has 0 fully saturated rings. The minimum Gasteiger partial charge on any atom is -0.352 e. The molecule has 3 N–H and O–H groups in total. The molecule has 0 heterocycles. The van der Waals surface area contributed by atoms with Crippen LogP contribution in [0.1, 0.15) is 40.5 Å². The SMILES string of the molecule is CCC(C)CC(=O)NC(CN)C(C)C. The Hall–Kier alpha value is -0.570. The van der Waals surface area contributed by atoms with Crippen molar-refractivity contribution in [3.8, 4) is 0 Å². The Bertz CT molecular complexity index is 169. The van der Waals surface area contributed by atoms with Gasteiger partial charge in [-0.2, -0.15) is 0 Å². The van der Waals surface area contributed by atoms with E-state index in [9.17, 15) is 4.79 Å². The Morgan fingerprint density at radius 2 is 1.93 bits per heavy atom. The molecule has 14 heavy (non-hydrogen) atoms. The molecule has 2 unspecified atom stereocenters. The Morgan fingerprint density at radius 3 is 2.29 bits per heavy atom. The van der Waals surface area contributed by atoms with Crippen LogP contribution in [0.3, 0.4) is 0 Å². The predicted molar refractivity (Wildman–Crippen MR) is 59.9 cm³/mol. The number of hydrogen-bond donors (Lipinski definition) is 2. The average molecular weight is 200 g/mol. The second-order valence-corrected chi connectivity index (χ2v) is 4.37. The van der Waals surface area contributed by atoms with Crippen molar-refractivity contribution in [2.24, 2.45) is 17.6 Å². The molecule has 0 aliphatic heterocycles. The second kappa shape index (κ2) is 6.82. The smallest absolute Gasteiger partial charge is 0.220 e. The van der Waals surface area contributed by atoms with Gasteiger partial charge in [-0.1, -0.05) is 34.1 Å². The van der Waals surface area contributed by atoms with Crippen LogP contribution in [0.4, 0.5) is 0 Å². The van der Waals surface area contributed by atoms with Crippen molar-refractivity contribution >= 4 is 5.91 Å². The van der Waals surface area contributed by atoms with Crippen LogP contribution in [0.5, 0.6) is 0 Å². The summed E-state index contributed by atoms with van der Waals surface area (Å²) in [6, 6.07) is 0.117. The van der Waals surface area contributed by atoms with Crippen LogP contribution in [-0.2, 0) is 4.79 Å². The zero-order valence-electron chi connectivity index (χ0n) is 9.84. The summed E-state index contributed by atoms with van der Waals surface area (Å²) in [5.41, 5.74) is 5.57. The van der Waals surface area contributed by atoms with Gasteiger partial charge in [-0.05, 0) is 11.8 Å². The largest absolute Gasteiger partial charge is 0.352 e. The number of carbonyl (C=O) groups is 1. The van der Waals surface area contributed by atoms with Gasteiger partial charge in [-0.15, -0.1) is 0 Å². The molecule has 3 nitrogen and oxygen atoms in total. The van der Waals surface area contributed by atoms with Gasteiger partial charge in [-0.3, -0.25) is 4.79 Å². The number of nitrogens with one attached hydrogen (secondary N) is 1. The van der Waals surface area contributed by atoms with Crippen LogP contribution in [0, 0.1) is 11.8 Å². The summed E-state index contributed by atoms with van der Waals surface area (Å²) in [7, 11) is 0. The molecule has 0 spiro atoms. The highest BCUT2D eigenvalue weighted by Crippen LogP contribution is 2.07. The third-order valence-corrected chi connectivity index (χ3v) is 2.64. The molecule has 0 aliphatic carbocycles. The molecule has 0 aliphatic rings. The number of amides is 1. The van der Waals surface area contributed by atoms with E-state index in [0.29, 0.717) is 24.8 Å². The van der Waals surface area contributed by atoms with Crippen molar-refractivity contribution in [3.63, 3.8) is 0 Å². The maximum atomic E-state index is 11.5. The van der Waals surface area contributed by atoms with Crippen molar-refractivity contribution in [3.05, 3.63) is 0 Å². The number of carbonyl (C=O) groups excluding carboxylic acids is 1. The van der Waals surface area contributed by atoms with E-state index >= 15 is 0 Å². The summed E-state index contributed by atoms with van der Waals surface area (Å²) in [6.07, 6.45) is 1.65. The maximum absolute atomic E-state index is 11.5. The first-order valence-corrected chi connectivity index (χ1v) is 5.50. The van der Waals surface area contributed by atoms with Gasteiger partial charge >= 0.3 is 0 Å². The molecule has 0 bridgehead atoms. The van der Waals surface area contributed by atoms with Gasteiger partial charge in [0.1, 0.15) is 0 Å². The average Bonchev–Trinajstić information content (AvgIpc) is 2.13. The van der Waals surface area contributed by atoms with E-state index in [-0.39, 0.29) is 11.9 Å². The fourth-order valence-corrected chi connectivity index (χ4v) is 1.22. The minimum atomic E-state index is 0.117. The Labute approximate surface area is 87.4 Å². The normalized spacial score (nSPS) is 15.3. The lowest BCUT2D eigenvalue weighted by atomic mass is 10.0. The molecule has 1 amide bonds. The Morgan fingerprint density at radius 1 is 1.36 bits per heavy atom. The fourth-order valence-electron chi connectivity index (χ4n) is 1.22. The number of rotatable bonds is 6. The third-order valence-electron chi connectivity index (χ3n) is 2.64. The zero-order valence-corrected chi connectivity index (χ0v) is 9.84. The van der Waals surface area contributed by atoms with Crippen molar-refractivity contribution in [1.29, 1.82) is 0 Å². The Kier molecular flexibility index (Phi) is 6.54. The highest BCUT2D eigenvalue weighted by atomic mass is 16.1. The van der Waals surface area contributed by atoms with Crippen LogP contribution < -0.4 is 11.1 Å². The molecular formula is C11H24N2O. The van der Waals surface area contributed by atoms with E-state index in [0.717, 1.165) is 6.42 Å². The first-order chi connectivity index (χ1) is 6.51. The van der Waals surface area contributed by atoms with Gasteiger partial charge in [0.25, 0.3) is 0 Å². The summed E-state index contributed by atoms with van der Waals surface area (Å²) < 4.78 is 0. The van der Waals surface area contributed by atoms with Crippen LogP contribution in [0.2, 0.25) is 0 Å². The molecule has 0 aromatic heterocycles. The van der Waals surface area contributed by atoms with Crippen LogP contribution >= 0.6 is 0 Å². The molecule has 0 aromatic rings. The van der Waals surface area contributed by atoms with Crippen LogP contribution in [-0.4, -0.2) is 18.5 Å². The molecule has 0 saturated carbocycles. The van der Waals surface area contributed by atoms with Gasteiger partial charge < -0.3 is 11.1 Å². The first kappa shape index (κ1) is 13.4. The van der Waals surface area contributed by atoms with Gasteiger partial charge in [0.2, 0.25) is 5.91 Å². The first-order valence-electron chi connectivity index (χ1n) is 5.50. The van der Waals surface area contributed by atoms with Crippen molar-refractivity contribution < 1.29 is 4.79 Å². The molecular weight excluding hydrogens is 176 g/mol. The molecule has 0 saturated heterocycles. The molecule has 2 atom stereocenters. The van der Waals surface area contributed by atoms with Crippen molar-refractivity contribution in [1.82, 2.24) is 5.32 Å². The lowest BCUT2D eigenvalue weighted by Crippen LogP contribution is -2.44. The minimum absolute atomic E-state index is 0.117. The van der Waals surface area contributed by atoms with E-state index in [1.165, 1.54) is 0 Å². The highest BCUT2D eigenvalue weighted by molar-refractivity contribution is 5.76. The van der Waals surface area contributed by atoms with Crippen molar-refractivity contribution in [2.75, 3.05) is 6.54 Å². The fraction of sp³-hybridized carbons (Fsp3) is 0.909. The summed E-state index contributed by atoms with van der Waals surface area (Å²) in [4.78, 5) is 11.5. The standard InChI is InChI=1S/C11H24N2O/c1-5-9(4)6-11(14)13-10(7-12)8(2)3/h8-10H,5-7,12H2,1-4H3,(H,13,14). The molecule has 0 aromatic carbocycles. The molecule has 84 valence electrons. The van der Waals surface area contributed by atoms with E-state index < -0.39 is 0 Å². The highest BCUT2D eigenvalue weighted by Gasteiger charge is 2.15. The Balaban J connectivity index is 3.91. The zero-order chi connectivity index (χ0) is 11.1. The van der Waals surface area contributed by atoms with E-state index in [1.54, 1.807) is 0 Å².